The van der Waals surface area contributed by atoms with Crippen molar-refractivity contribution in [3.63, 3.8) is 0 Å². The number of H-pyrrole nitrogens is 1. The summed E-state index contributed by atoms with van der Waals surface area (Å²) in [4.78, 5) is 19.8. The standard InChI is InChI=1S/C21H24N6O/c22-18-8-6-17(7-9-18)15-26-10-12-27(13-11-26)21-23-20(28)19(24-25-21)14-16-4-2-1-3-5-16/h1-9H,10-15,22H2,(H,23,25,28). The molecular formula is C21H24N6O. The van der Waals surface area contributed by atoms with Gasteiger partial charge in [0.05, 0.1) is 0 Å². The lowest BCUT2D eigenvalue weighted by Gasteiger charge is -2.34. The molecule has 2 aromatic carbocycles. The number of rotatable bonds is 5. The van der Waals surface area contributed by atoms with Gasteiger partial charge < -0.3 is 10.6 Å². The van der Waals surface area contributed by atoms with E-state index in [0.717, 1.165) is 44.0 Å². The van der Waals surface area contributed by atoms with E-state index in [1.54, 1.807) is 0 Å². The third-order valence-electron chi connectivity index (χ3n) is 5.02. The highest BCUT2D eigenvalue weighted by Crippen LogP contribution is 2.13. The lowest BCUT2D eigenvalue weighted by atomic mass is 10.1. The van der Waals surface area contributed by atoms with E-state index in [-0.39, 0.29) is 5.56 Å². The first-order chi connectivity index (χ1) is 13.7. The second-order valence-electron chi connectivity index (χ2n) is 7.09. The summed E-state index contributed by atoms with van der Waals surface area (Å²) in [5.41, 5.74) is 9.10. The second kappa shape index (κ2) is 8.22. The number of benzene rings is 2. The van der Waals surface area contributed by atoms with Crippen LogP contribution in [0.25, 0.3) is 0 Å². The minimum Gasteiger partial charge on any atom is -0.399 e. The van der Waals surface area contributed by atoms with Crippen molar-refractivity contribution >= 4 is 11.6 Å². The van der Waals surface area contributed by atoms with E-state index < -0.39 is 0 Å². The number of nitrogen functional groups attached to an aromatic ring is 1. The van der Waals surface area contributed by atoms with Crippen LogP contribution in [0, 0.1) is 0 Å². The fraction of sp³-hybridized carbons (Fsp3) is 0.286. The Morgan fingerprint density at radius 1 is 0.893 bits per heavy atom. The largest absolute Gasteiger partial charge is 0.399 e. The first-order valence-corrected chi connectivity index (χ1v) is 9.49. The Kier molecular flexibility index (Phi) is 5.34. The van der Waals surface area contributed by atoms with E-state index in [2.05, 4.69) is 37.1 Å². The second-order valence-corrected chi connectivity index (χ2v) is 7.09. The van der Waals surface area contributed by atoms with Gasteiger partial charge in [-0.3, -0.25) is 14.7 Å². The summed E-state index contributed by atoms with van der Waals surface area (Å²) in [6.07, 6.45) is 0.485. The van der Waals surface area contributed by atoms with Crippen molar-refractivity contribution in [2.45, 2.75) is 13.0 Å². The summed E-state index contributed by atoms with van der Waals surface area (Å²) in [5, 5.41) is 8.45. The van der Waals surface area contributed by atoms with E-state index in [9.17, 15) is 4.79 Å². The van der Waals surface area contributed by atoms with Gasteiger partial charge in [0.15, 0.2) is 0 Å². The van der Waals surface area contributed by atoms with Gasteiger partial charge in [-0.2, -0.15) is 0 Å². The van der Waals surface area contributed by atoms with E-state index in [1.807, 2.05) is 42.5 Å². The number of aromatic nitrogens is 3. The van der Waals surface area contributed by atoms with Gasteiger partial charge in [-0.15, -0.1) is 10.2 Å². The van der Waals surface area contributed by atoms with Gasteiger partial charge in [0.1, 0.15) is 5.69 Å². The molecule has 3 aromatic rings. The predicted octanol–water partition coefficient (Wildman–Crippen LogP) is 1.66. The molecule has 1 aromatic heterocycles. The molecule has 0 radical (unpaired) electrons. The molecule has 2 heterocycles. The monoisotopic (exact) mass is 376 g/mol. The van der Waals surface area contributed by atoms with Crippen LogP contribution < -0.4 is 16.2 Å². The van der Waals surface area contributed by atoms with Crippen molar-refractivity contribution in [3.8, 4) is 0 Å². The predicted molar refractivity (Wildman–Crippen MR) is 110 cm³/mol. The van der Waals surface area contributed by atoms with Crippen LogP contribution in [0.1, 0.15) is 16.8 Å². The van der Waals surface area contributed by atoms with Crippen LogP contribution in [-0.2, 0) is 13.0 Å². The fourth-order valence-corrected chi connectivity index (χ4v) is 3.40. The molecule has 7 heteroatoms. The Balaban J connectivity index is 1.36. The summed E-state index contributed by atoms with van der Waals surface area (Å²) in [7, 11) is 0. The summed E-state index contributed by atoms with van der Waals surface area (Å²) in [6, 6.07) is 17.8. The van der Waals surface area contributed by atoms with Crippen molar-refractivity contribution in [1.29, 1.82) is 0 Å². The topological polar surface area (TPSA) is 91.1 Å². The molecule has 1 saturated heterocycles. The van der Waals surface area contributed by atoms with Crippen molar-refractivity contribution in [3.05, 3.63) is 81.8 Å². The molecule has 7 nitrogen and oxygen atoms in total. The zero-order valence-corrected chi connectivity index (χ0v) is 15.7. The quantitative estimate of drug-likeness (QED) is 0.658. The molecular weight excluding hydrogens is 352 g/mol. The molecule has 0 amide bonds. The molecule has 0 spiro atoms. The van der Waals surface area contributed by atoms with Crippen LogP contribution in [0.3, 0.4) is 0 Å². The molecule has 1 fully saturated rings. The van der Waals surface area contributed by atoms with E-state index >= 15 is 0 Å². The van der Waals surface area contributed by atoms with Crippen molar-refractivity contribution < 1.29 is 0 Å². The third kappa shape index (κ3) is 4.37. The average Bonchev–Trinajstić information content (AvgIpc) is 2.73. The maximum Gasteiger partial charge on any atom is 0.274 e. The molecule has 0 atom stereocenters. The van der Waals surface area contributed by atoms with Crippen molar-refractivity contribution in [2.24, 2.45) is 0 Å². The van der Waals surface area contributed by atoms with E-state index in [0.29, 0.717) is 18.1 Å². The lowest BCUT2D eigenvalue weighted by Crippen LogP contribution is -2.47. The number of nitrogens with one attached hydrogen (secondary N) is 1. The summed E-state index contributed by atoms with van der Waals surface area (Å²) >= 11 is 0. The van der Waals surface area contributed by atoms with Crippen LogP contribution in [0.2, 0.25) is 0 Å². The number of hydrogen-bond donors (Lipinski definition) is 2. The molecule has 0 unspecified atom stereocenters. The summed E-state index contributed by atoms with van der Waals surface area (Å²) in [5.74, 6) is 0.550. The first-order valence-electron chi connectivity index (χ1n) is 9.49. The minimum atomic E-state index is -0.168. The zero-order chi connectivity index (χ0) is 19.3. The highest BCUT2D eigenvalue weighted by Gasteiger charge is 2.19. The SMILES string of the molecule is Nc1ccc(CN2CCN(c3nnc(Cc4ccccc4)c(=O)[nH]3)CC2)cc1. The molecule has 1 aliphatic heterocycles. The maximum absolute atomic E-state index is 12.4. The molecule has 144 valence electrons. The Hall–Kier alpha value is -3.19. The van der Waals surface area contributed by atoms with Gasteiger partial charge in [-0.25, -0.2) is 0 Å². The Morgan fingerprint density at radius 2 is 1.61 bits per heavy atom. The van der Waals surface area contributed by atoms with Crippen LogP contribution in [0.15, 0.2) is 59.4 Å². The molecule has 0 bridgehead atoms. The Bertz CT molecular complexity index is 962. The third-order valence-corrected chi connectivity index (χ3v) is 5.02. The van der Waals surface area contributed by atoms with Gasteiger partial charge >= 0.3 is 0 Å². The molecule has 3 N–H and O–H groups in total. The molecule has 1 aliphatic rings. The minimum absolute atomic E-state index is 0.168. The molecule has 0 aliphatic carbocycles. The number of anilines is 2. The Labute approximate surface area is 163 Å². The zero-order valence-electron chi connectivity index (χ0n) is 15.7. The number of hydrogen-bond acceptors (Lipinski definition) is 6. The van der Waals surface area contributed by atoms with E-state index in [1.165, 1.54) is 5.56 Å². The van der Waals surface area contributed by atoms with Crippen LogP contribution >= 0.6 is 0 Å². The van der Waals surface area contributed by atoms with Gasteiger partial charge in [0.25, 0.3) is 5.56 Å². The number of nitrogens with zero attached hydrogens (tertiary/aromatic N) is 4. The van der Waals surface area contributed by atoms with Crippen LogP contribution in [0.4, 0.5) is 11.6 Å². The average molecular weight is 376 g/mol. The van der Waals surface area contributed by atoms with Gasteiger partial charge in [-0.05, 0) is 23.3 Å². The van der Waals surface area contributed by atoms with Gasteiger partial charge in [0.2, 0.25) is 5.95 Å². The number of piperazine rings is 1. The van der Waals surface area contributed by atoms with E-state index in [4.69, 9.17) is 5.73 Å². The lowest BCUT2D eigenvalue weighted by molar-refractivity contribution is 0.248. The molecule has 0 saturated carbocycles. The molecule has 4 rings (SSSR count). The first kappa shape index (κ1) is 18.2. The smallest absolute Gasteiger partial charge is 0.274 e. The number of aromatic amines is 1. The maximum atomic E-state index is 12.4. The van der Waals surface area contributed by atoms with Crippen molar-refractivity contribution in [1.82, 2.24) is 20.1 Å². The number of nitrogens with two attached hydrogens (primary N) is 1. The normalized spacial score (nSPS) is 14.9. The summed E-state index contributed by atoms with van der Waals surface area (Å²) < 4.78 is 0. The Morgan fingerprint density at radius 3 is 2.29 bits per heavy atom. The highest BCUT2D eigenvalue weighted by atomic mass is 16.1. The fourth-order valence-electron chi connectivity index (χ4n) is 3.40. The van der Waals surface area contributed by atoms with Gasteiger partial charge in [-0.1, -0.05) is 42.5 Å². The van der Waals surface area contributed by atoms with Crippen LogP contribution in [-0.4, -0.2) is 46.3 Å². The highest BCUT2D eigenvalue weighted by molar-refractivity contribution is 5.39. The van der Waals surface area contributed by atoms with Crippen LogP contribution in [0.5, 0.6) is 0 Å². The molecule has 28 heavy (non-hydrogen) atoms. The van der Waals surface area contributed by atoms with Crippen molar-refractivity contribution in [2.75, 3.05) is 36.8 Å². The van der Waals surface area contributed by atoms with Gasteiger partial charge in [0, 0.05) is 44.8 Å². The summed E-state index contributed by atoms with van der Waals surface area (Å²) in [6.45, 7) is 4.31.